The topological polar surface area (TPSA) is 78.6 Å². The zero-order valence-electron chi connectivity index (χ0n) is 13.6. The Balaban J connectivity index is 2.20. The van der Waals surface area contributed by atoms with E-state index in [9.17, 15) is 9.59 Å². The summed E-state index contributed by atoms with van der Waals surface area (Å²) < 4.78 is 10.7. The third-order valence-corrected chi connectivity index (χ3v) is 4.82. The highest BCUT2D eigenvalue weighted by Gasteiger charge is 2.41. The van der Waals surface area contributed by atoms with Gasteiger partial charge < -0.3 is 15.2 Å². The highest BCUT2D eigenvalue weighted by atomic mass is 35.5. The van der Waals surface area contributed by atoms with E-state index in [-0.39, 0.29) is 23.8 Å². The maximum atomic E-state index is 12.6. The van der Waals surface area contributed by atoms with Crippen molar-refractivity contribution in [3.63, 3.8) is 0 Å². The van der Waals surface area contributed by atoms with E-state index >= 15 is 0 Å². The molecule has 3 rings (SSSR count). The van der Waals surface area contributed by atoms with E-state index in [0.29, 0.717) is 46.2 Å². The molecule has 0 saturated carbocycles. The van der Waals surface area contributed by atoms with Crippen LogP contribution >= 0.6 is 23.2 Å². The standard InChI is InChI=1S/C18H17Cl2NO4/c1-2-24-18(23)16-14(10-7-6-9(19)8-11(10)20)15-12(22)4-3-5-13(15)25-17(16)21/h6-8,14H,2-5,21H2,1H3/t14-/m1/s1. The normalized spacial score (nSPS) is 20.3. The van der Waals surface area contributed by atoms with Crippen LogP contribution in [0.5, 0.6) is 0 Å². The molecule has 2 aliphatic rings. The molecule has 7 heteroatoms. The fourth-order valence-corrected chi connectivity index (χ4v) is 3.73. The second-order valence-electron chi connectivity index (χ2n) is 5.81. The van der Waals surface area contributed by atoms with E-state index in [2.05, 4.69) is 0 Å². The van der Waals surface area contributed by atoms with E-state index in [0.717, 1.165) is 0 Å². The average Bonchev–Trinajstić information content (AvgIpc) is 2.54. The number of hydrogen-bond acceptors (Lipinski definition) is 5. The molecule has 0 unspecified atom stereocenters. The van der Waals surface area contributed by atoms with Gasteiger partial charge in [-0.15, -0.1) is 0 Å². The summed E-state index contributed by atoms with van der Waals surface area (Å²) in [6, 6.07) is 4.92. The summed E-state index contributed by atoms with van der Waals surface area (Å²) in [5, 5.41) is 0.804. The first-order chi connectivity index (χ1) is 11.9. The zero-order valence-corrected chi connectivity index (χ0v) is 15.1. The van der Waals surface area contributed by atoms with Crippen LogP contribution in [0.4, 0.5) is 0 Å². The number of carbonyl (C=O) groups excluding carboxylic acids is 2. The fourth-order valence-electron chi connectivity index (χ4n) is 3.21. The average molecular weight is 382 g/mol. The molecule has 0 fully saturated rings. The Morgan fingerprint density at radius 2 is 2.12 bits per heavy atom. The van der Waals surface area contributed by atoms with Crippen LogP contribution in [-0.4, -0.2) is 18.4 Å². The second-order valence-corrected chi connectivity index (χ2v) is 6.66. The van der Waals surface area contributed by atoms with E-state index < -0.39 is 11.9 Å². The summed E-state index contributed by atoms with van der Waals surface area (Å²) in [5.41, 5.74) is 7.11. The largest absolute Gasteiger partial charge is 0.462 e. The van der Waals surface area contributed by atoms with Crippen molar-refractivity contribution in [2.24, 2.45) is 5.73 Å². The van der Waals surface area contributed by atoms with Crippen LogP contribution in [0.2, 0.25) is 10.0 Å². The van der Waals surface area contributed by atoms with Gasteiger partial charge in [-0.05, 0) is 31.0 Å². The molecule has 0 radical (unpaired) electrons. The van der Waals surface area contributed by atoms with Gasteiger partial charge in [0.2, 0.25) is 5.88 Å². The Morgan fingerprint density at radius 3 is 2.80 bits per heavy atom. The molecule has 0 aromatic heterocycles. The van der Waals surface area contributed by atoms with Gasteiger partial charge in [0.15, 0.2) is 5.78 Å². The molecule has 5 nitrogen and oxygen atoms in total. The van der Waals surface area contributed by atoms with Gasteiger partial charge in [-0.25, -0.2) is 4.79 Å². The van der Waals surface area contributed by atoms with Crippen molar-refractivity contribution in [1.29, 1.82) is 0 Å². The molecule has 1 aromatic carbocycles. The SMILES string of the molecule is CCOC(=O)C1=C(N)OC2=C(C(=O)CCC2)[C@H]1c1ccc(Cl)cc1Cl. The number of esters is 1. The Kier molecular flexibility index (Phi) is 5.06. The molecule has 0 amide bonds. The van der Waals surface area contributed by atoms with Gasteiger partial charge in [0, 0.05) is 28.5 Å². The first kappa shape index (κ1) is 17.8. The van der Waals surface area contributed by atoms with Crippen molar-refractivity contribution in [3.05, 3.63) is 56.6 Å². The minimum absolute atomic E-state index is 0.0529. The molecule has 0 saturated heterocycles. The third-order valence-electron chi connectivity index (χ3n) is 4.25. The lowest BCUT2D eigenvalue weighted by atomic mass is 9.77. The lowest BCUT2D eigenvalue weighted by Crippen LogP contribution is -2.31. The van der Waals surface area contributed by atoms with Crippen LogP contribution in [0.25, 0.3) is 0 Å². The molecule has 1 heterocycles. The van der Waals surface area contributed by atoms with Gasteiger partial charge in [-0.1, -0.05) is 29.3 Å². The molecular formula is C18H17Cl2NO4. The number of Topliss-reactive ketones (excluding diaryl/α,β-unsaturated/α-hetero) is 1. The van der Waals surface area contributed by atoms with Crippen molar-refractivity contribution >= 4 is 35.0 Å². The molecule has 2 N–H and O–H groups in total. The first-order valence-corrected chi connectivity index (χ1v) is 8.75. The summed E-state index contributed by atoms with van der Waals surface area (Å²) in [6.07, 6.45) is 1.65. The molecule has 1 atom stereocenters. The van der Waals surface area contributed by atoms with Crippen molar-refractivity contribution in [2.75, 3.05) is 6.61 Å². The van der Waals surface area contributed by atoms with Gasteiger partial charge in [0.25, 0.3) is 0 Å². The number of allylic oxidation sites excluding steroid dienone is 2. The highest BCUT2D eigenvalue weighted by molar-refractivity contribution is 6.35. The predicted octanol–water partition coefficient (Wildman–Crippen LogP) is 3.85. The van der Waals surface area contributed by atoms with Crippen LogP contribution in [-0.2, 0) is 19.1 Å². The molecular weight excluding hydrogens is 365 g/mol. The van der Waals surface area contributed by atoms with Gasteiger partial charge >= 0.3 is 5.97 Å². The summed E-state index contributed by atoms with van der Waals surface area (Å²) in [7, 11) is 0. The fraction of sp³-hybridized carbons (Fsp3) is 0.333. The highest BCUT2D eigenvalue weighted by Crippen LogP contribution is 2.46. The monoisotopic (exact) mass is 381 g/mol. The van der Waals surface area contributed by atoms with Crippen LogP contribution in [0.3, 0.4) is 0 Å². The summed E-state index contributed by atoms with van der Waals surface area (Å²) in [4.78, 5) is 25.1. The number of ketones is 1. The van der Waals surface area contributed by atoms with Crippen molar-refractivity contribution in [3.8, 4) is 0 Å². The lowest BCUT2D eigenvalue weighted by molar-refractivity contribution is -0.139. The first-order valence-electron chi connectivity index (χ1n) is 7.99. The maximum absolute atomic E-state index is 12.6. The smallest absolute Gasteiger partial charge is 0.340 e. The van der Waals surface area contributed by atoms with Crippen LogP contribution in [0.15, 0.2) is 41.0 Å². The van der Waals surface area contributed by atoms with Crippen molar-refractivity contribution in [2.45, 2.75) is 32.1 Å². The second kappa shape index (κ2) is 7.10. The Labute approximate surface area is 155 Å². The van der Waals surface area contributed by atoms with Crippen molar-refractivity contribution in [1.82, 2.24) is 0 Å². The third kappa shape index (κ3) is 3.26. The van der Waals surface area contributed by atoms with Crippen LogP contribution in [0, 0.1) is 0 Å². The van der Waals surface area contributed by atoms with Gasteiger partial charge in [-0.3, -0.25) is 4.79 Å². The molecule has 1 aliphatic carbocycles. The Bertz CT molecular complexity index is 813. The molecule has 25 heavy (non-hydrogen) atoms. The number of benzene rings is 1. The molecule has 1 aliphatic heterocycles. The maximum Gasteiger partial charge on any atom is 0.340 e. The Hall–Kier alpha value is -1.98. The number of carbonyl (C=O) groups is 2. The van der Waals surface area contributed by atoms with E-state index in [1.54, 1.807) is 25.1 Å². The predicted molar refractivity (Wildman–Crippen MR) is 94.0 cm³/mol. The van der Waals surface area contributed by atoms with Gasteiger partial charge in [-0.2, -0.15) is 0 Å². The lowest BCUT2D eigenvalue weighted by Gasteiger charge is -2.32. The summed E-state index contributed by atoms with van der Waals surface area (Å²) >= 11 is 12.3. The summed E-state index contributed by atoms with van der Waals surface area (Å²) in [6.45, 7) is 1.87. The number of ether oxygens (including phenoxy) is 2. The number of hydrogen-bond donors (Lipinski definition) is 1. The van der Waals surface area contributed by atoms with E-state index in [1.165, 1.54) is 0 Å². The van der Waals surface area contributed by atoms with E-state index in [1.807, 2.05) is 0 Å². The number of nitrogens with two attached hydrogens (primary N) is 1. The minimum Gasteiger partial charge on any atom is -0.462 e. The molecule has 0 spiro atoms. The molecule has 1 aromatic rings. The minimum atomic E-state index is -0.722. The Morgan fingerprint density at radius 1 is 1.36 bits per heavy atom. The van der Waals surface area contributed by atoms with Crippen LogP contribution < -0.4 is 5.73 Å². The van der Waals surface area contributed by atoms with Crippen LogP contribution in [0.1, 0.15) is 37.7 Å². The van der Waals surface area contributed by atoms with Gasteiger partial charge in [0.05, 0.1) is 12.5 Å². The van der Waals surface area contributed by atoms with Crippen molar-refractivity contribution < 1.29 is 19.1 Å². The summed E-state index contributed by atoms with van der Waals surface area (Å²) in [5.74, 6) is -0.978. The number of halogens is 2. The molecule has 132 valence electrons. The van der Waals surface area contributed by atoms with Gasteiger partial charge in [0.1, 0.15) is 11.3 Å². The quantitative estimate of drug-likeness (QED) is 0.804. The number of rotatable bonds is 3. The van der Waals surface area contributed by atoms with E-state index in [4.69, 9.17) is 38.4 Å². The zero-order chi connectivity index (χ0) is 18.1. The molecule has 0 bridgehead atoms.